The van der Waals surface area contributed by atoms with Crippen LogP contribution in [0.3, 0.4) is 0 Å². The summed E-state index contributed by atoms with van der Waals surface area (Å²) in [5.41, 5.74) is 0. The summed E-state index contributed by atoms with van der Waals surface area (Å²) in [5.74, 6) is 1.23. The van der Waals surface area contributed by atoms with Gasteiger partial charge in [-0.2, -0.15) is 0 Å². The van der Waals surface area contributed by atoms with Crippen molar-refractivity contribution in [1.82, 2.24) is 20.2 Å². The Labute approximate surface area is 165 Å². The van der Waals surface area contributed by atoms with Crippen LogP contribution in [-0.2, 0) is 11.2 Å². The zero-order chi connectivity index (χ0) is 18.8. The van der Waals surface area contributed by atoms with Gasteiger partial charge in [-0.05, 0) is 32.3 Å². The van der Waals surface area contributed by atoms with E-state index in [0.717, 1.165) is 56.1 Å². The van der Waals surface area contributed by atoms with E-state index >= 15 is 0 Å². The largest absolute Gasteiger partial charge is 0.353 e. The molecule has 1 saturated carbocycles. The standard InChI is InChI=1S/C20H29N5OS/c1-3-16-12-17-18(21-13-22-20(17)27-16)25-10-8-24(9-11-25)14(2)19(26)23-15-6-4-5-7-15/h12-15H,3-11H2,1-2H3,(H,23,26). The average Bonchev–Trinajstić information content (AvgIpc) is 3.36. The number of aryl methyl sites for hydroxylation is 1. The van der Waals surface area contributed by atoms with Crippen LogP contribution in [0.5, 0.6) is 0 Å². The van der Waals surface area contributed by atoms with Gasteiger partial charge in [0.15, 0.2) is 0 Å². The van der Waals surface area contributed by atoms with E-state index in [4.69, 9.17) is 0 Å². The number of nitrogens with zero attached hydrogens (tertiary/aromatic N) is 4. The summed E-state index contributed by atoms with van der Waals surface area (Å²) in [6.07, 6.45) is 7.47. The topological polar surface area (TPSA) is 61.4 Å². The fourth-order valence-corrected chi connectivity index (χ4v) is 5.13. The van der Waals surface area contributed by atoms with E-state index in [-0.39, 0.29) is 11.9 Å². The number of carbonyl (C=O) groups excluding carboxylic acids is 1. The molecule has 4 rings (SSSR count). The minimum Gasteiger partial charge on any atom is -0.353 e. The summed E-state index contributed by atoms with van der Waals surface area (Å²) >= 11 is 1.76. The van der Waals surface area contributed by atoms with Gasteiger partial charge in [-0.25, -0.2) is 9.97 Å². The summed E-state index contributed by atoms with van der Waals surface area (Å²) in [6, 6.07) is 2.56. The van der Waals surface area contributed by atoms with Crippen molar-refractivity contribution >= 4 is 33.3 Å². The van der Waals surface area contributed by atoms with Gasteiger partial charge < -0.3 is 10.2 Å². The predicted molar refractivity (Wildman–Crippen MR) is 110 cm³/mol. The van der Waals surface area contributed by atoms with E-state index in [1.165, 1.54) is 23.1 Å². The van der Waals surface area contributed by atoms with E-state index in [1.54, 1.807) is 17.7 Å². The summed E-state index contributed by atoms with van der Waals surface area (Å²) in [4.78, 5) is 28.6. The van der Waals surface area contributed by atoms with Crippen molar-refractivity contribution in [2.75, 3.05) is 31.1 Å². The molecule has 6 nitrogen and oxygen atoms in total. The molecule has 1 atom stereocenters. The van der Waals surface area contributed by atoms with Gasteiger partial charge in [0.1, 0.15) is 17.0 Å². The Hall–Kier alpha value is -1.73. The van der Waals surface area contributed by atoms with Gasteiger partial charge in [0.05, 0.1) is 11.4 Å². The summed E-state index contributed by atoms with van der Waals surface area (Å²) in [5, 5.41) is 4.41. The van der Waals surface area contributed by atoms with Crippen molar-refractivity contribution in [2.45, 2.75) is 58.0 Å². The fourth-order valence-electron chi connectivity index (χ4n) is 4.20. The van der Waals surface area contributed by atoms with Gasteiger partial charge in [0.2, 0.25) is 5.91 Å². The third-order valence-electron chi connectivity index (χ3n) is 5.95. The monoisotopic (exact) mass is 387 g/mol. The number of aromatic nitrogens is 2. The van der Waals surface area contributed by atoms with Gasteiger partial charge in [-0.15, -0.1) is 11.3 Å². The Morgan fingerprint density at radius 3 is 2.70 bits per heavy atom. The minimum absolute atomic E-state index is 0.0639. The third-order valence-corrected chi connectivity index (χ3v) is 7.14. The van der Waals surface area contributed by atoms with E-state index in [2.05, 4.69) is 38.1 Å². The molecule has 7 heteroatoms. The maximum atomic E-state index is 12.6. The van der Waals surface area contributed by atoms with Gasteiger partial charge in [-0.3, -0.25) is 9.69 Å². The Bertz CT molecular complexity index is 793. The molecule has 2 aromatic heterocycles. The highest BCUT2D eigenvalue weighted by atomic mass is 32.1. The highest BCUT2D eigenvalue weighted by Crippen LogP contribution is 2.31. The Balaban J connectivity index is 1.38. The van der Waals surface area contributed by atoms with Crippen LogP contribution < -0.4 is 10.2 Å². The first-order chi connectivity index (χ1) is 13.2. The lowest BCUT2D eigenvalue weighted by Crippen LogP contribution is -2.55. The Morgan fingerprint density at radius 1 is 1.26 bits per heavy atom. The molecule has 2 aliphatic rings. The molecule has 0 bridgehead atoms. The van der Waals surface area contributed by atoms with E-state index in [9.17, 15) is 4.79 Å². The molecule has 3 heterocycles. The molecule has 146 valence electrons. The van der Waals surface area contributed by atoms with E-state index in [1.807, 2.05) is 6.92 Å². The number of nitrogens with one attached hydrogen (secondary N) is 1. The number of fused-ring (bicyclic) bond motifs is 1. The molecule has 0 radical (unpaired) electrons. The van der Waals surface area contributed by atoms with Crippen molar-refractivity contribution in [1.29, 1.82) is 0 Å². The summed E-state index contributed by atoms with van der Waals surface area (Å²) in [6.45, 7) is 7.77. The Kier molecular flexibility index (Phi) is 5.59. The molecule has 1 N–H and O–H groups in total. The second kappa shape index (κ2) is 8.10. The van der Waals surface area contributed by atoms with Crippen molar-refractivity contribution in [3.63, 3.8) is 0 Å². The van der Waals surface area contributed by atoms with Crippen molar-refractivity contribution in [3.8, 4) is 0 Å². The lowest BCUT2D eigenvalue weighted by Gasteiger charge is -2.38. The molecule has 1 aliphatic heterocycles. The summed E-state index contributed by atoms with van der Waals surface area (Å²) < 4.78 is 0. The van der Waals surface area contributed by atoms with Crippen molar-refractivity contribution in [3.05, 3.63) is 17.3 Å². The maximum absolute atomic E-state index is 12.6. The van der Waals surface area contributed by atoms with Gasteiger partial charge in [-0.1, -0.05) is 19.8 Å². The zero-order valence-electron chi connectivity index (χ0n) is 16.3. The molecule has 2 aromatic rings. The molecule has 1 unspecified atom stereocenters. The zero-order valence-corrected chi connectivity index (χ0v) is 17.1. The number of anilines is 1. The highest BCUT2D eigenvalue weighted by molar-refractivity contribution is 7.18. The number of amides is 1. The summed E-state index contributed by atoms with van der Waals surface area (Å²) in [7, 11) is 0. The van der Waals surface area contributed by atoms with E-state index < -0.39 is 0 Å². The number of hydrogen-bond donors (Lipinski definition) is 1. The molecule has 27 heavy (non-hydrogen) atoms. The van der Waals surface area contributed by atoms with Crippen LogP contribution in [0.1, 0.15) is 44.4 Å². The number of thiophene rings is 1. The second-order valence-electron chi connectivity index (χ2n) is 7.67. The molecule has 2 fully saturated rings. The quantitative estimate of drug-likeness (QED) is 0.855. The molecule has 0 spiro atoms. The molecule has 1 saturated heterocycles. The molecule has 1 aliphatic carbocycles. The highest BCUT2D eigenvalue weighted by Gasteiger charge is 2.28. The molecule has 1 amide bonds. The number of piperazine rings is 1. The average molecular weight is 388 g/mol. The number of carbonyl (C=O) groups is 1. The van der Waals surface area contributed by atoms with Crippen molar-refractivity contribution < 1.29 is 4.79 Å². The second-order valence-corrected chi connectivity index (χ2v) is 8.79. The van der Waals surface area contributed by atoms with Gasteiger partial charge in [0.25, 0.3) is 0 Å². The normalized spacial score (nSPS) is 20.3. The SMILES string of the molecule is CCc1cc2c(N3CCN(C(C)C(=O)NC4CCCC4)CC3)ncnc2s1. The van der Waals surface area contributed by atoms with Crippen LogP contribution in [0, 0.1) is 0 Å². The minimum atomic E-state index is -0.0639. The van der Waals surface area contributed by atoms with Crippen LogP contribution in [0.15, 0.2) is 12.4 Å². The first-order valence-electron chi connectivity index (χ1n) is 10.2. The number of rotatable bonds is 5. The predicted octanol–water partition coefficient (Wildman–Crippen LogP) is 2.82. The molecular weight excluding hydrogens is 358 g/mol. The van der Waals surface area contributed by atoms with Gasteiger partial charge >= 0.3 is 0 Å². The van der Waals surface area contributed by atoms with Crippen LogP contribution in [-0.4, -0.2) is 59.0 Å². The van der Waals surface area contributed by atoms with Gasteiger partial charge in [0, 0.05) is 37.1 Å². The molecule has 0 aromatic carbocycles. The lowest BCUT2D eigenvalue weighted by atomic mass is 10.1. The smallest absolute Gasteiger partial charge is 0.237 e. The van der Waals surface area contributed by atoms with Crippen LogP contribution in [0.25, 0.3) is 10.2 Å². The fraction of sp³-hybridized carbons (Fsp3) is 0.650. The molecular formula is C20H29N5OS. The first kappa shape index (κ1) is 18.6. The van der Waals surface area contributed by atoms with E-state index in [0.29, 0.717) is 6.04 Å². The van der Waals surface area contributed by atoms with Crippen LogP contribution in [0.2, 0.25) is 0 Å². The third kappa shape index (κ3) is 3.94. The van der Waals surface area contributed by atoms with Crippen LogP contribution in [0.4, 0.5) is 5.82 Å². The maximum Gasteiger partial charge on any atom is 0.237 e. The van der Waals surface area contributed by atoms with Crippen LogP contribution >= 0.6 is 11.3 Å². The Morgan fingerprint density at radius 2 is 2.00 bits per heavy atom. The van der Waals surface area contributed by atoms with Crippen molar-refractivity contribution in [2.24, 2.45) is 0 Å². The number of hydrogen-bond acceptors (Lipinski definition) is 6. The lowest BCUT2D eigenvalue weighted by molar-refractivity contribution is -0.126. The first-order valence-corrected chi connectivity index (χ1v) is 11.0.